The number of allylic oxidation sites excluding steroid dienone is 1. The van der Waals surface area contributed by atoms with Crippen LogP contribution >= 0.6 is 11.3 Å². The fraction of sp³-hybridized carbons (Fsp3) is 0.333. The van der Waals surface area contributed by atoms with E-state index >= 15 is 0 Å². The van der Waals surface area contributed by atoms with E-state index in [1.165, 1.54) is 28.0 Å². The second kappa shape index (κ2) is 11.3. The number of carbonyl (C=O) groups is 2. The average Bonchev–Trinajstić information content (AvgIpc) is 3.30. The van der Waals surface area contributed by atoms with E-state index in [0.717, 1.165) is 21.6 Å². The third-order valence-corrected chi connectivity index (χ3v) is 7.10. The first kappa shape index (κ1) is 28.2. The molecule has 6 nitrogen and oxygen atoms in total. The highest BCUT2D eigenvalue weighted by Gasteiger charge is 2.19. The number of amides is 1. The van der Waals surface area contributed by atoms with Gasteiger partial charge in [0, 0.05) is 0 Å². The molecule has 0 unspecified atom stereocenters. The summed E-state index contributed by atoms with van der Waals surface area (Å²) in [4.78, 5) is 24.4. The van der Waals surface area contributed by atoms with Crippen molar-refractivity contribution in [2.24, 2.45) is 0 Å². The highest BCUT2D eigenvalue weighted by molar-refractivity contribution is 7.15. The normalized spacial score (nSPS) is 12.1. The predicted molar refractivity (Wildman–Crippen MR) is 149 cm³/mol. The first-order chi connectivity index (χ1) is 17.3. The van der Waals surface area contributed by atoms with Gasteiger partial charge in [0.1, 0.15) is 11.5 Å². The molecule has 7 heteroatoms. The van der Waals surface area contributed by atoms with E-state index in [0.29, 0.717) is 16.4 Å². The van der Waals surface area contributed by atoms with Gasteiger partial charge in [-0.1, -0.05) is 45.0 Å². The van der Waals surface area contributed by atoms with Crippen LogP contribution in [-0.2, 0) is 10.2 Å². The van der Waals surface area contributed by atoms with E-state index in [4.69, 9.17) is 9.84 Å². The highest BCUT2D eigenvalue weighted by atomic mass is 32.1. The first-order valence-corrected chi connectivity index (χ1v) is 13.0. The number of benzene rings is 2. The standard InChI is InChI=1S/C30H35NO5S/c1-17(2)27(24-12-13-25(37-24)28(33)31-16-23(32)29(34)35)36-22-14-18(3)26(19(4)15-22)20-8-10-21(11-9-20)30(5,6)7/h8-15,23,32H,16H2,1-7H3,(H,31,33)(H,34,35)/t23-/m0/s1. The second-order valence-corrected chi connectivity index (χ2v) is 11.5. The molecule has 3 aromatic rings. The van der Waals surface area contributed by atoms with Gasteiger partial charge in [-0.15, -0.1) is 11.3 Å². The van der Waals surface area contributed by atoms with Gasteiger partial charge in [0.05, 0.1) is 16.3 Å². The monoisotopic (exact) mass is 521 g/mol. The van der Waals surface area contributed by atoms with Crippen LogP contribution in [0.2, 0.25) is 0 Å². The number of carboxylic acid groups (broad SMARTS) is 1. The fourth-order valence-electron chi connectivity index (χ4n) is 4.04. The molecule has 0 aliphatic heterocycles. The average molecular weight is 522 g/mol. The second-order valence-electron chi connectivity index (χ2n) is 10.4. The molecular weight excluding hydrogens is 486 g/mol. The minimum atomic E-state index is -1.65. The van der Waals surface area contributed by atoms with Crippen LogP contribution in [0, 0.1) is 13.8 Å². The molecule has 1 heterocycles. The Balaban J connectivity index is 1.82. The van der Waals surface area contributed by atoms with E-state index in [1.54, 1.807) is 12.1 Å². The number of carboxylic acids is 1. The van der Waals surface area contributed by atoms with E-state index in [2.05, 4.69) is 64.2 Å². The molecule has 2 aromatic carbocycles. The highest BCUT2D eigenvalue weighted by Crippen LogP contribution is 2.35. The zero-order valence-corrected chi connectivity index (χ0v) is 23.2. The minimum Gasteiger partial charge on any atom is -0.479 e. The summed E-state index contributed by atoms with van der Waals surface area (Å²) >= 11 is 1.24. The summed E-state index contributed by atoms with van der Waals surface area (Å²) in [6.45, 7) is 14.3. The van der Waals surface area contributed by atoms with Gasteiger partial charge in [-0.2, -0.15) is 0 Å². The van der Waals surface area contributed by atoms with Crippen LogP contribution in [0.15, 0.2) is 54.1 Å². The molecule has 196 valence electrons. The number of carbonyl (C=O) groups excluding carboxylic acids is 1. The summed E-state index contributed by atoms with van der Waals surface area (Å²) in [6, 6.07) is 16.2. The Labute approximate surface area is 222 Å². The molecule has 3 rings (SSSR count). The lowest BCUT2D eigenvalue weighted by Gasteiger charge is -2.20. The lowest BCUT2D eigenvalue weighted by molar-refractivity contribution is -0.146. The van der Waals surface area contributed by atoms with Crippen molar-refractivity contribution in [1.29, 1.82) is 0 Å². The number of thiophene rings is 1. The Morgan fingerprint density at radius 2 is 1.54 bits per heavy atom. The van der Waals surface area contributed by atoms with Crippen LogP contribution in [0.4, 0.5) is 0 Å². The van der Waals surface area contributed by atoms with Crippen LogP contribution in [0.3, 0.4) is 0 Å². The van der Waals surface area contributed by atoms with Crippen LogP contribution in [0.25, 0.3) is 16.9 Å². The van der Waals surface area contributed by atoms with Gasteiger partial charge < -0.3 is 20.3 Å². The third-order valence-electron chi connectivity index (χ3n) is 6.01. The van der Waals surface area contributed by atoms with Gasteiger partial charge in [-0.3, -0.25) is 4.79 Å². The van der Waals surface area contributed by atoms with Crippen molar-refractivity contribution >= 4 is 29.0 Å². The first-order valence-electron chi connectivity index (χ1n) is 12.1. The third kappa shape index (κ3) is 6.87. The molecule has 0 aliphatic rings. The molecule has 0 radical (unpaired) electrons. The van der Waals surface area contributed by atoms with Crippen molar-refractivity contribution in [3.63, 3.8) is 0 Å². The van der Waals surface area contributed by atoms with Crippen LogP contribution in [0.5, 0.6) is 5.75 Å². The lowest BCUT2D eigenvalue weighted by atomic mass is 9.85. The van der Waals surface area contributed by atoms with E-state index < -0.39 is 18.0 Å². The van der Waals surface area contributed by atoms with Gasteiger partial charge in [0.2, 0.25) is 0 Å². The number of nitrogens with one attached hydrogen (secondary N) is 1. The number of ether oxygens (including phenoxy) is 1. The van der Waals surface area contributed by atoms with Crippen molar-refractivity contribution < 1.29 is 24.5 Å². The molecule has 0 spiro atoms. The maximum absolute atomic E-state index is 12.4. The Morgan fingerprint density at radius 1 is 0.973 bits per heavy atom. The molecule has 0 aliphatic carbocycles. The minimum absolute atomic E-state index is 0.100. The number of aryl methyl sites for hydroxylation is 2. The van der Waals surface area contributed by atoms with Crippen LogP contribution in [-0.4, -0.2) is 34.7 Å². The number of aliphatic hydroxyl groups is 1. The topological polar surface area (TPSA) is 95.9 Å². The van der Waals surface area contributed by atoms with Gasteiger partial charge in [0.25, 0.3) is 5.91 Å². The van der Waals surface area contributed by atoms with Gasteiger partial charge >= 0.3 is 5.97 Å². The van der Waals surface area contributed by atoms with Gasteiger partial charge in [-0.25, -0.2) is 4.79 Å². The van der Waals surface area contributed by atoms with Gasteiger partial charge in [0.15, 0.2) is 6.10 Å². The van der Waals surface area contributed by atoms with Gasteiger partial charge in [-0.05, 0) is 90.8 Å². The quantitative estimate of drug-likeness (QED) is 0.301. The molecule has 37 heavy (non-hydrogen) atoms. The molecule has 0 saturated heterocycles. The SMILES string of the molecule is CC(C)=C(Oc1cc(C)c(-c2ccc(C(C)(C)C)cc2)c(C)c1)c1ccc(C(=O)NC[C@H](O)C(=O)O)s1. The van der Waals surface area contributed by atoms with Crippen molar-refractivity contribution in [2.45, 2.75) is 60.0 Å². The number of aliphatic hydroxyl groups excluding tert-OH is 1. The molecule has 3 N–H and O–H groups in total. The molecule has 1 amide bonds. The Hall–Kier alpha value is -3.42. The summed E-state index contributed by atoms with van der Waals surface area (Å²) in [5.74, 6) is -0.454. The summed E-state index contributed by atoms with van der Waals surface area (Å²) in [5.41, 5.74) is 6.91. The Bertz CT molecular complexity index is 1300. The van der Waals surface area contributed by atoms with Crippen molar-refractivity contribution in [2.75, 3.05) is 6.54 Å². The molecule has 1 atom stereocenters. The van der Waals surface area contributed by atoms with Crippen molar-refractivity contribution in [1.82, 2.24) is 5.32 Å². The Morgan fingerprint density at radius 3 is 2.05 bits per heavy atom. The van der Waals surface area contributed by atoms with E-state index in [9.17, 15) is 14.7 Å². The lowest BCUT2D eigenvalue weighted by Crippen LogP contribution is -2.36. The summed E-state index contributed by atoms with van der Waals surface area (Å²) in [6.07, 6.45) is -1.65. The predicted octanol–water partition coefficient (Wildman–Crippen LogP) is 6.33. The number of hydrogen-bond acceptors (Lipinski definition) is 5. The zero-order chi connectivity index (χ0) is 27.5. The molecule has 0 bridgehead atoms. The molecule has 0 saturated carbocycles. The zero-order valence-electron chi connectivity index (χ0n) is 22.4. The number of aliphatic carboxylic acids is 1. The summed E-state index contributed by atoms with van der Waals surface area (Å²) < 4.78 is 6.34. The molecular formula is C30H35NO5S. The maximum atomic E-state index is 12.4. The summed E-state index contributed by atoms with van der Waals surface area (Å²) in [7, 11) is 0. The van der Waals surface area contributed by atoms with Crippen LogP contribution in [0.1, 0.15) is 65.9 Å². The molecule has 0 fully saturated rings. The van der Waals surface area contributed by atoms with E-state index in [1.807, 2.05) is 26.0 Å². The Kier molecular flexibility index (Phi) is 8.61. The number of rotatable bonds is 8. The molecule has 1 aromatic heterocycles. The smallest absolute Gasteiger partial charge is 0.334 e. The maximum Gasteiger partial charge on any atom is 0.334 e. The number of hydrogen-bond donors (Lipinski definition) is 3. The van der Waals surface area contributed by atoms with Crippen LogP contribution < -0.4 is 10.1 Å². The largest absolute Gasteiger partial charge is 0.479 e. The van der Waals surface area contributed by atoms with E-state index in [-0.39, 0.29) is 12.0 Å². The van der Waals surface area contributed by atoms with Crippen molar-refractivity contribution in [3.05, 3.63) is 80.5 Å². The summed E-state index contributed by atoms with van der Waals surface area (Å²) in [5, 5.41) is 20.6. The van der Waals surface area contributed by atoms with Crippen molar-refractivity contribution in [3.8, 4) is 16.9 Å². The fourth-order valence-corrected chi connectivity index (χ4v) is 5.05.